The van der Waals surface area contributed by atoms with E-state index in [9.17, 15) is 4.89 Å². The van der Waals surface area contributed by atoms with Gasteiger partial charge in [0.1, 0.15) is 6.61 Å². The topological polar surface area (TPSA) is 52.5 Å². The predicted octanol–water partition coefficient (Wildman–Crippen LogP) is -0.758. The third-order valence-corrected chi connectivity index (χ3v) is 2.80. The second-order valence-electron chi connectivity index (χ2n) is 2.46. The summed E-state index contributed by atoms with van der Waals surface area (Å²) in [6, 6.07) is 0. The van der Waals surface area contributed by atoms with Crippen molar-refractivity contribution in [2.75, 3.05) is 6.61 Å². The minimum absolute atomic E-state index is 0.297. The third kappa shape index (κ3) is 0.812. The second kappa shape index (κ2) is 1.77. The number of fused-ring (bicyclic) bond motifs is 1. The van der Waals surface area contributed by atoms with Crippen molar-refractivity contribution in [2.45, 2.75) is 12.5 Å². The highest BCUT2D eigenvalue weighted by molar-refractivity contribution is 7.46. The van der Waals surface area contributed by atoms with Crippen molar-refractivity contribution in [2.24, 2.45) is 5.92 Å². The Labute approximate surface area is 53.8 Å². The highest BCUT2D eigenvalue weighted by Gasteiger charge is 2.51. The van der Waals surface area contributed by atoms with Gasteiger partial charge in [-0.15, -0.1) is 0 Å². The first-order valence-electron chi connectivity index (χ1n) is 2.92. The van der Waals surface area contributed by atoms with Crippen LogP contribution in [0.15, 0.2) is 0 Å². The average Bonchev–Trinajstić information content (AvgIpc) is 2.43. The van der Waals surface area contributed by atoms with Gasteiger partial charge in [0.25, 0.3) is 0 Å². The van der Waals surface area contributed by atoms with E-state index in [0.29, 0.717) is 18.6 Å². The van der Waals surface area contributed by atoms with E-state index in [1.165, 1.54) is 0 Å². The van der Waals surface area contributed by atoms with Crippen molar-refractivity contribution in [3.63, 3.8) is 0 Å². The Morgan fingerprint density at radius 3 is 2.78 bits per heavy atom. The maximum Gasteiger partial charge on any atom is 0.219 e. The Morgan fingerprint density at radius 1 is 1.78 bits per heavy atom. The molecule has 3 unspecified atom stereocenters. The number of rotatable bonds is 0. The van der Waals surface area contributed by atoms with Gasteiger partial charge in [0.05, 0.1) is 12.0 Å². The molecule has 1 heterocycles. The van der Waals surface area contributed by atoms with Crippen LogP contribution >= 0.6 is 8.00 Å². The quantitative estimate of drug-likeness (QED) is 0.457. The Morgan fingerprint density at radius 2 is 2.56 bits per heavy atom. The molecule has 2 fully saturated rings. The molecule has 1 saturated carbocycles. The molecule has 0 aromatic heterocycles. The summed E-state index contributed by atoms with van der Waals surface area (Å²) in [5, 5.41) is 0.718. The van der Waals surface area contributed by atoms with Gasteiger partial charge in [0, 0.05) is 0 Å². The Bertz CT molecular complexity index is 173. The van der Waals surface area contributed by atoms with Crippen molar-refractivity contribution in [1.29, 1.82) is 0 Å². The summed E-state index contributed by atoms with van der Waals surface area (Å²) in [6.07, 6.45) is 1.27. The summed E-state index contributed by atoms with van der Waals surface area (Å²) in [4.78, 5) is 19.1. The molecular weight excluding hydrogens is 139 g/mol. The molecule has 0 spiro atoms. The van der Waals surface area contributed by atoms with E-state index in [1.54, 1.807) is 0 Å². The highest BCUT2D eigenvalue weighted by Crippen LogP contribution is 2.43. The lowest BCUT2D eigenvalue weighted by atomic mass is 10.3. The van der Waals surface area contributed by atoms with Gasteiger partial charge in [0.2, 0.25) is 8.00 Å². The molecule has 50 valence electrons. The van der Waals surface area contributed by atoms with Crippen LogP contribution in [0.5, 0.6) is 0 Å². The van der Waals surface area contributed by atoms with E-state index in [4.69, 9.17) is 9.63 Å². The van der Waals surface area contributed by atoms with Crippen LogP contribution in [-0.2, 0) is 4.74 Å². The minimum Gasteiger partial charge on any atom is -0.603 e. The molecule has 1 aliphatic carbocycles. The lowest BCUT2D eigenvalue weighted by Crippen LogP contribution is -2.06. The fraction of sp³-hybridized carbons (Fsp3) is 0.800. The van der Waals surface area contributed by atoms with Crippen LogP contribution in [0.2, 0.25) is 0 Å². The van der Waals surface area contributed by atoms with E-state index in [0.717, 1.165) is 11.7 Å². The standard InChI is InChI=1S/C5H7O3P/c6-9(7)5-2-8-4-1-3(4)5/h3-4H,1-2H2,(H,6,7). The van der Waals surface area contributed by atoms with Crippen LogP contribution < -0.4 is 4.89 Å². The molecule has 4 heteroatoms. The molecule has 3 atom stereocenters. The summed E-state index contributed by atoms with van der Waals surface area (Å²) >= 11 is 0. The van der Waals surface area contributed by atoms with Gasteiger partial charge in [-0.2, -0.15) is 4.89 Å². The zero-order chi connectivity index (χ0) is 6.43. The van der Waals surface area contributed by atoms with Crippen LogP contribution in [0.4, 0.5) is 0 Å². The largest absolute Gasteiger partial charge is 0.603 e. The second-order valence-corrected chi connectivity index (χ2v) is 3.58. The average molecular weight is 146 g/mol. The van der Waals surface area contributed by atoms with Crippen LogP contribution in [0.1, 0.15) is 6.42 Å². The molecule has 0 radical (unpaired) electrons. The van der Waals surface area contributed by atoms with Gasteiger partial charge >= 0.3 is 0 Å². The van der Waals surface area contributed by atoms with E-state index in [-0.39, 0.29) is 0 Å². The molecule has 0 amide bonds. The van der Waals surface area contributed by atoms with Gasteiger partial charge < -0.3 is 9.63 Å². The molecule has 3 nitrogen and oxygen atoms in total. The van der Waals surface area contributed by atoms with Crippen LogP contribution in [0.3, 0.4) is 0 Å². The third-order valence-electron chi connectivity index (χ3n) is 1.85. The molecule has 0 bridgehead atoms. The first-order chi connectivity index (χ1) is 4.29. The van der Waals surface area contributed by atoms with Crippen molar-refractivity contribution in [3.8, 4) is 0 Å². The fourth-order valence-corrected chi connectivity index (χ4v) is 1.94. The van der Waals surface area contributed by atoms with E-state index < -0.39 is 8.00 Å². The maximum absolute atomic E-state index is 10.5. The maximum atomic E-state index is 10.5. The number of hydrogen-bond acceptors (Lipinski definition) is 3. The predicted molar refractivity (Wildman–Crippen MR) is 32.0 cm³/mol. The van der Waals surface area contributed by atoms with Crippen molar-refractivity contribution >= 4 is 13.3 Å². The van der Waals surface area contributed by atoms with Gasteiger partial charge in [-0.25, -0.2) is 0 Å². The smallest absolute Gasteiger partial charge is 0.219 e. The van der Waals surface area contributed by atoms with Crippen LogP contribution in [0, 0.1) is 5.92 Å². The SMILES string of the molecule is [O-][P+](O)=C1COC2CC12. The molecule has 9 heavy (non-hydrogen) atoms. The molecule has 2 aliphatic rings. The molecule has 0 aromatic carbocycles. The summed E-state index contributed by atoms with van der Waals surface area (Å²) in [5.74, 6) is 0.332. The summed E-state index contributed by atoms with van der Waals surface area (Å²) in [7, 11) is -2.06. The number of hydrogen-bond donors (Lipinski definition) is 1. The van der Waals surface area contributed by atoms with Gasteiger partial charge in [-0.05, 0) is 6.42 Å². The fourth-order valence-electron chi connectivity index (χ4n) is 1.20. The molecule has 0 aromatic rings. The zero-order valence-corrected chi connectivity index (χ0v) is 5.67. The van der Waals surface area contributed by atoms with Crippen molar-refractivity contribution in [1.82, 2.24) is 0 Å². The lowest BCUT2D eigenvalue weighted by Gasteiger charge is -1.92. The summed E-state index contributed by atoms with van der Waals surface area (Å²) in [5.41, 5.74) is 0. The summed E-state index contributed by atoms with van der Waals surface area (Å²) < 4.78 is 5.12. The van der Waals surface area contributed by atoms with Gasteiger partial charge in [-0.1, -0.05) is 0 Å². The highest BCUT2D eigenvalue weighted by atomic mass is 31.1. The van der Waals surface area contributed by atoms with Crippen LogP contribution in [0.25, 0.3) is 0 Å². The van der Waals surface area contributed by atoms with Crippen LogP contribution in [-0.4, -0.2) is 22.9 Å². The normalized spacial score (nSPS) is 44.7. The summed E-state index contributed by atoms with van der Waals surface area (Å²) in [6.45, 7) is 0.418. The Balaban J connectivity index is 2.23. The van der Waals surface area contributed by atoms with E-state index in [1.807, 2.05) is 0 Å². The van der Waals surface area contributed by atoms with Gasteiger partial charge in [0.15, 0.2) is 5.29 Å². The molecule has 2 rings (SSSR count). The lowest BCUT2D eigenvalue weighted by molar-refractivity contribution is -0.167. The van der Waals surface area contributed by atoms with E-state index in [2.05, 4.69) is 0 Å². The number of ether oxygens (including phenoxy) is 1. The first kappa shape index (κ1) is 5.81. The molecular formula is C5H7O3P. The Hall–Kier alpha value is 0.0500. The zero-order valence-electron chi connectivity index (χ0n) is 4.78. The molecule has 1 N–H and O–H groups in total. The van der Waals surface area contributed by atoms with Crippen molar-refractivity contribution in [3.05, 3.63) is 0 Å². The Kier molecular flexibility index (Phi) is 1.14. The first-order valence-corrected chi connectivity index (χ1v) is 4.13. The van der Waals surface area contributed by atoms with E-state index >= 15 is 0 Å². The van der Waals surface area contributed by atoms with Crippen molar-refractivity contribution < 1.29 is 14.5 Å². The molecule has 1 saturated heterocycles. The molecule has 1 aliphatic heterocycles. The minimum atomic E-state index is -2.06. The van der Waals surface area contributed by atoms with Gasteiger partial charge in [-0.3, -0.25) is 0 Å². The monoisotopic (exact) mass is 146 g/mol.